The molecule has 0 radical (unpaired) electrons. The van der Waals surface area contributed by atoms with E-state index >= 15 is 0 Å². The maximum absolute atomic E-state index is 12.8. The van der Waals surface area contributed by atoms with Crippen LogP contribution in [0.2, 0.25) is 0 Å². The van der Waals surface area contributed by atoms with Gasteiger partial charge in [0.15, 0.2) is 0 Å². The minimum absolute atomic E-state index is 0.0112. The van der Waals surface area contributed by atoms with Crippen molar-refractivity contribution in [2.45, 2.75) is 31.1 Å². The summed E-state index contributed by atoms with van der Waals surface area (Å²) < 4.78 is 79.6. The van der Waals surface area contributed by atoms with Gasteiger partial charge in [0.25, 0.3) is 0 Å². The van der Waals surface area contributed by atoms with E-state index in [1.54, 1.807) is 0 Å². The van der Waals surface area contributed by atoms with E-state index in [1.165, 1.54) is 6.92 Å². The normalized spacial score (nSPS) is 13.3. The molecule has 0 aliphatic heterocycles. The van der Waals surface area contributed by atoms with Crippen molar-refractivity contribution in [2.75, 3.05) is 6.61 Å². The van der Waals surface area contributed by atoms with Crippen LogP contribution in [0, 0.1) is 0 Å². The van der Waals surface area contributed by atoms with E-state index < -0.39 is 36.3 Å². The molecule has 0 aromatic rings. The number of carbonyl (C=O) groups excluding carboxylic acids is 1. The number of esters is 1. The number of carboxylic acids is 1. The van der Waals surface area contributed by atoms with Crippen LogP contribution in [-0.2, 0) is 14.3 Å². The van der Waals surface area contributed by atoms with Gasteiger partial charge in [0.05, 0.1) is 6.61 Å². The standard InChI is InChI=1S/C8H8F6O4/c1-2-3-18-5(17)7(11,12)8(13,14)6(9,10)4(15)16/h2-3H2,1H3,(H,15,16). The van der Waals surface area contributed by atoms with E-state index in [0.717, 1.165) is 0 Å². The molecule has 18 heavy (non-hydrogen) atoms. The number of hydrogen-bond acceptors (Lipinski definition) is 3. The number of carboxylic acid groups (broad SMARTS) is 1. The molecular formula is C8H8F6O4. The van der Waals surface area contributed by atoms with Gasteiger partial charge in [-0.15, -0.1) is 0 Å². The van der Waals surface area contributed by atoms with E-state index in [0.29, 0.717) is 0 Å². The first-order valence-electron chi connectivity index (χ1n) is 4.47. The Bertz CT molecular complexity index is 340. The second kappa shape index (κ2) is 5.02. The number of hydrogen-bond donors (Lipinski definition) is 1. The maximum Gasteiger partial charge on any atom is 0.411 e. The van der Waals surface area contributed by atoms with Crippen LogP contribution in [-0.4, -0.2) is 41.4 Å². The molecule has 0 saturated carbocycles. The Morgan fingerprint density at radius 1 is 1.06 bits per heavy atom. The van der Waals surface area contributed by atoms with Crippen molar-refractivity contribution in [3.63, 3.8) is 0 Å². The summed E-state index contributed by atoms with van der Waals surface area (Å²) in [6, 6.07) is 0. The maximum atomic E-state index is 12.8. The highest BCUT2D eigenvalue weighted by molar-refractivity contribution is 5.83. The van der Waals surface area contributed by atoms with Crippen molar-refractivity contribution >= 4 is 11.9 Å². The molecule has 0 aromatic heterocycles. The first-order valence-corrected chi connectivity index (χ1v) is 4.47. The minimum atomic E-state index is -6.41. The van der Waals surface area contributed by atoms with Gasteiger partial charge in [-0.1, -0.05) is 6.92 Å². The first kappa shape index (κ1) is 16.5. The van der Waals surface area contributed by atoms with Crippen molar-refractivity contribution in [3.8, 4) is 0 Å². The van der Waals surface area contributed by atoms with E-state index in [1.807, 2.05) is 0 Å². The summed E-state index contributed by atoms with van der Waals surface area (Å²) >= 11 is 0. The molecule has 1 N–H and O–H groups in total. The third kappa shape index (κ3) is 2.51. The van der Waals surface area contributed by atoms with Crippen molar-refractivity contribution in [1.82, 2.24) is 0 Å². The molecule has 0 aliphatic carbocycles. The lowest BCUT2D eigenvalue weighted by Gasteiger charge is -2.28. The third-order valence-corrected chi connectivity index (χ3v) is 1.75. The van der Waals surface area contributed by atoms with Gasteiger partial charge in [-0.2, -0.15) is 26.3 Å². The quantitative estimate of drug-likeness (QED) is 0.597. The van der Waals surface area contributed by atoms with Crippen LogP contribution in [0.25, 0.3) is 0 Å². The van der Waals surface area contributed by atoms with Gasteiger partial charge >= 0.3 is 29.7 Å². The molecule has 10 heteroatoms. The highest BCUT2D eigenvalue weighted by Gasteiger charge is 2.79. The van der Waals surface area contributed by atoms with E-state index in [2.05, 4.69) is 4.74 Å². The van der Waals surface area contributed by atoms with Gasteiger partial charge in [0, 0.05) is 0 Å². The Balaban J connectivity index is 5.31. The monoisotopic (exact) mass is 282 g/mol. The SMILES string of the molecule is CCCOC(=O)C(F)(F)C(F)(F)C(F)(F)C(=O)O. The summed E-state index contributed by atoms with van der Waals surface area (Å²) in [5.74, 6) is -24.9. The Morgan fingerprint density at radius 3 is 1.83 bits per heavy atom. The molecular weight excluding hydrogens is 274 g/mol. The molecule has 0 amide bonds. The van der Waals surface area contributed by atoms with Crippen LogP contribution in [0.1, 0.15) is 13.3 Å². The lowest BCUT2D eigenvalue weighted by atomic mass is 10.0. The summed E-state index contributed by atoms with van der Waals surface area (Å²) in [5.41, 5.74) is 0. The van der Waals surface area contributed by atoms with E-state index in [-0.39, 0.29) is 6.42 Å². The Morgan fingerprint density at radius 2 is 1.50 bits per heavy atom. The number of carbonyl (C=O) groups is 2. The summed E-state index contributed by atoms with van der Waals surface area (Å²) in [7, 11) is 0. The predicted molar refractivity (Wildman–Crippen MR) is 43.7 cm³/mol. The second-order valence-electron chi connectivity index (χ2n) is 3.16. The number of ether oxygens (including phenoxy) is 1. The number of alkyl halides is 6. The zero-order valence-electron chi connectivity index (χ0n) is 8.85. The predicted octanol–water partition coefficient (Wildman–Crippen LogP) is 1.93. The van der Waals surface area contributed by atoms with Crippen molar-refractivity contribution in [3.05, 3.63) is 0 Å². The number of aliphatic carboxylic acids is 1. The van der Waals surface area contributed by atoms with Crippen molar-refractivity contribution < 1.29 is 45.8 Å². The van der Waals surface area contributed by atoms with E-state index in [9.17, 15) is 35.9 Å². The topological polar surface area (TPSA) is 63.6 Å². The van der Waals surface area contributed by atoms with Crippen molar-refractivity contribution in [2.24, 2.45) is 0 Å². The molecule has 0 rings (SSSR count). The second-order valence-corrected chi connectivity index (χ2v) is 3.16. The lowest BCUT2D eigenvalue weighted by molar-refractivity contribution is -0.299. The van der Waals surface area contributed by atoms with Gasteiger partial charge in [0.1, 0.15) is 0 Å². The van der Waals surface area contributed by atoms with Crippen LogP contribution in [0.5, 0.6) is 0 Å². The highest BCUT2D eigenvalue weighted by atomic mass is 19.3. The summed E-state index contributed by atoms with van der Waals surface area (Å²) in [6.07, 6.45) is -0.0112. The zero-order valence-corrected chi connectivity index (χ0v) is 8.85. The average molecular weight is 282 g/mol. The van der Waals surface area contributed by atoms with Gasteiger partial charge in [0.2, 0.25) is 0 Å². The van der Waals surface area contributed by atoms with E-state index in [4.69, 9.17) is 5.11 Å². The molecule has 0 aliphatic rings. The summed E-state index contributed by atoms with van der Waals surface area (Å²) in [5, 5.41) is 7.78. The smallest absolute Gasteiger partial charge is 0.411 e. The van der Waals surface area contributed by atoms with Crippen LogP contribution < -0.4 is 0 Å². The highest BCUT2D eigenvalue weighted by Crippen LogP contribution is 2.46. The van der Waals surface area contributed by atoms with Gasteiger partial charge in [-0.3, -0.25) is 0 Å². The van der Waals surface area contributed by atoms with Crippen LogP contribution >= 0.6 is 0 Å². The molecule has 0 spiro atoms. The Hall–Kier alpha value is -1.48. The summed E-state index contributed by atoms with van der Waals surface area (Å²) in [6.45, 7) is 0.651. The van der Waals surface area contributed by atoms with Gasteiger partial charge in [-0.05, 0) is 6.42 Å². The number of halogens is 6. The molecule has 0 unspecified atom stereocenters. The zero-order chi connectivity index (χ0) is 14.8. The molecule has 0 aromatic carbocycles. The molecule has 0 bridgehead atoms. The molecule has 0 fully saturated rings. The molecule has 106 valence electrons. The molecule has 0 heterocycles. The molecule has 0 atom stereocenters. The molecule has 4 nitrogen and oxygen atoms in total. The van der Waals surface area contributed by atoms with Gasteiger partial charge < -0.3 is 9.84 Å². The van der Waals surface area contributed by atoms with Crippen LogP contribution in [0.3, 0.4) is 0 Å². The fraction of sp³-hybridized carbons (Fsp3) is 0.750. The summed E-state index contributed by atoms with van der Waals surface area (Å²) in [4.78, 5) is 20.4. The van der Waals surface area contributed by atoms with Crippen LogP contribution in [0.15, 0.2) is 0 Å². The largest absolute Gasteiger partial charge is 0.477 e. The molecule has 0 saturated heterocycles. The minimum Gasteiger partial charge on any atom is -0.477 e. The van der Waals surface area contributed by atoms with Crippen LogP contribution in [0.4, 0.5) is 26.3 Å². The lowest BCUT2D eigenvalue weighted by Crippen LogP contribution is -2.61. The third-order valence-electron chi connectivity index (χ3n) is 1.75. The fourth-order valence-corrected chi connectivity index (χ4v) is 0.745. The van der Waals surface area contributed by atoms with Gasteiger partial charge in [-0.25, -0.2) is 9.59 Å². The Kier molecular flexibility index (Phi) is 4.61. The van der Waals surface area contributed by atoms with Crippen molar-refractivity contribution in [1.29, 1.82) is 0 Å². The first-order chi connectivity index (χ1) is 7.92. The average Bonchev–Trinajstić information content (AvgIpc) is 2.24. The number of rotatable bonds is 6. The Labute approximate surface area is 96.5 Å². The fourth-order valence-electron chi connectivity index (χ4n) is 0.745.